The van der Waals surface area contributed by atoms with Crippen molar-refractivity contribution in [2.24, 2.45) is 0 Å². The highest BCUT2D eigenvalue weighted by Gasteiger charge is 2.13. The standard InChI is InChI=1S/C25H20N4O3S/c30-24-15-16-6-8-20(32-10-11-33)12-18(16)14-23(24)29-27-21-9-7-17(13-22(21)28-29)25(31)26-19-4-2-1-3-5-19/h1-9,12-15,30,33H,10-11H2,(H,26,31). The first-order chi connectivity index (χ1) is 16.1. The molecule has 0 spiro atoms. The number of phenols is 1. The van der Waals surface area contributed by atoms with Gasteiger partial charge in [-0.1, -0.05) is 24.3 Å². The molecule has 0 saturated carbocycles. The fraction of sp³-hybridized carbons (Fsp3) is 0.0800. The molecule has 0 radical (unpaired) electrons. The van der Waals surface area contributed by atoms with Crippen LogP contribution < -0.4 is 10.1 Å². The number of ether oxygens (including phenoxy) is 1. The molecule has 164 valence electrons. The minimum absolute atomic E-state index is 0.0499. The van der Waals surface area contributed by atoms with Crippen LogP contribution in [-0.2, 0) is 0 Å². The zero-order chi connectivity index (χ0) is 22.8. The van der Waals surface area contributed by atoms with Crippen molar-refractivity contribution in [2.75, 3.05) is 17.7 Å². The molecule has 0 unspecified atom stereocenters. The second-order valence-corrected chi connectivity index (χ2v) is 7.88. The van der Waals surface area contributed by atoms with Gasteiger partial charge in [-0.15, -0.1) is 15.0 Å². The minimum Gasteiger partial charge on any atom is -0.506 e. The van der Waals surface area contributed by atoms with Crippen LogP contribution in [0.15, 0.2) is 78.9 Å². The Bertz CT molecular complexity index is 1470. The molecule has 0 saturated heterocycles. The lowest BCUT2D eigenvalue weighted by molar-refractivity contribution is 0.102. The number of nitrogens with one attached hydrogen (secondary N) is 1. The summed E-state index contributed by atoms with van der Waals surface area (Å²) in [5, 5.41) is 24.2. The number of para-hydroxylation sites is 1. The van der Waals surface area contributed by atoms with Crippen LogP contribution in [0.4, 0.5) is 5.69 Å². The minimum atomic E-state index is -0.236. The molecule has 33 heavy (non-hydrogen) atoms. The van der Waals surface area contributed by atoms with Crippen LogP contribution in [0.5, 0.6) is 11.5 Å². The van der Waals surface area contributed by atoms with E-state index in [-0.39, 0.29) is 11.7 Å². The van der Waals surface area contributed by atoms with Crippen molar-refractivity contribution in [3.63, 3.8) is 0 Å². The number of benzene rings is 4. The Hall–Kier alpha value is -4.04. The van der Waals surface area contributed by atoms with Crippen LogP contribution in [0.1, 0.15) is 10.4 Å². The van der Waals surface area contributed by atoms with Gasteiger partial charge in [0.25, 0.3) is 5.91 Å². The van der Waals surface area contributed by atoms with Gasteiger partial charge in [0.05, 0.1) is 6.61 Å². The van der Waals surface area contributed by atoms with E-state index < -0.39 is 0 Å². The van der Waals surface area contributed by atoms with E-state index in [0.717, 1.165) is 16.5 Å². The normalized spacial score (nSPS) is 11.1. The Morgan fingerprint density at radius 3 is 2.58 bits per heavy atom. The molecule has 0 fully saturated rings. The van der Waals surface area contributed by atoms with Gasteiger partial charge < -0.3 is 15.2 Å². The van der Waals surface area contributed by atoms with Gasteiger partial charge in [0, 0.05) is 17.0 Å². The number of hydrogen-bond acceptors (Lipinski definition) is 6. The summed E-state index contributed by atoms with van der Waals surface area (Å²) in [6.07, 6.45) is 0. The first kappa shape index (κ1) is 20.8. The Balaban J connectivity index is 1.48. The third-order valence-electron chi connectivity index (χ3n) is 5.15. The molecule has 0 bridgehead atoms. The van der Waals surface area contributed by atoms with Crippen LogP contribution in [0.2, 0.25) is 0 Å². The molecule has 5 rings (SSSR count). The van der Waals surface area contributed by atoms with Gasteiger partial charge >= 0.3 is 0 Å². The molecular formula is C25H20N4O3S. The molecule has 1 amide bonds. The monoisotopic (exact) mass is 456 g/mol. The second kappa shape index (κ2) is 8.84. The van der Waals surface area contributed by atoms with Gasteiger partial charge in [-0.05, 0) is 65.4 Å². The van der Waals surface area contributed by atoms with Crippen LogP contribution >= 0.6 is 12.6 Å². The molecular weight excluding hydrogens is 436 g/mol. The Kier molecular flexibility index (Phi) is 5.58. The SMILES string of the molecule is O=C(Nc1ccccc1)c1ccc2nn(-c3cc4cc(OCCS)ccc4cc3O)nc2c1. The summed E-state index contributed by atoms with van der Waals surface area (Å²) in [7, 11) is 0. The predicted octanol–water partition coefficient (Wildman–Crippen LogP) is 4.84. The van der Waals surface area contributed by atoms with Crippen molar-refractivity contribution >= 4 is 46.0 Å². The van der Waals surface area contributed by atoms with Crippen molar-refractivity contribution in [1.82, 2.24) is 15.0 Å². The average Bonchev–Trinajstić information content (AvgIpc) is 3.26. The van der Waals surface area contributed by atoms with E-state index in [0.29, 0.717) is 40.3 Å². The van der Waals surface area contributed by atoms with Gasteiger partial charge in [0.15, 0.2) is 0 Å². The first-order valence-corrected chi connectivity index (χ1v) is 11.0. The molecule has 1 aromatic heterocycles. The summed E-state index contributed by atoms with van der Waals surface area (Å²) >= 11 is 4.17. The Morgan fingerprint density at radius 1 is 0.939 bits per heavy atom. The molecule has 1 heterocycles. The van der Waals surface area contributed by atoms with E-state index in [4.69, 9.17) is 4.74 Å². The summed E-state index contributed by atoms with van der Waals surface area (Å²) in [5.41, 5.74) is 2.76. The zero-order valence-electron chi connectivity index (χ0n) is 17.5. The lowest BCUT2D eigenvalue weighted by Gasteiger charge is -2.08. The van der Waals surface area contributed by atoms with Crippen molar-refractivity contribution < 1.29 is 14.6 Å². The highest BCUT2D eigenvalue weighted by atomic mass is 32.1. The predicted molar refractivity (Wildman–Crippen MR) is 132 cm³/mol. The fourth-order valence-corrected chi connectivity index (χ4v) is 3.64. The number of nitrogens with zero attached hydrogens (tertiary/aromatic N) is 3. The topological polar surface area (TPSA) is 89.3 Å². The van der Waals surface area contributed by atoms with E-state index in [2.05, 4.69) is 28.1 Å². The van der Waals surface area contributed by atoms with Crippen LogP contribution in [0.3, 0.4) is 0 Å². The van der Waals surface area contributed by atoms with Crippen LogP contribution in [-0.4, -0.2) is 38.4 Å². The van der Waals surface area contributed by atoms with Crippen molar-refractivity contribution in [3.8, 4) is 17.2 Å². The number of rotatable bonds is 6. The summed E-state index contributed by atoms with van der Waals surface area (Å²) in [6.45, 7) is 0.506. The molecule has 8 heteroatoms. The number of amides is 1. The number of anilines is 1. The summed E-state index contributed by atoms with van der Waals surface area (Å²) in [4.78, 5) is 14.0. The van der Waals surface area contributed by atoms with Crippen LogP contribution in [0, 0.1) is 0 Å². The number of carbonyl (C=O) groups excluding carboxylic acids is 1. The average molecular weight is 457 g/mol. The Morgan fingerprint density at radius 2 is 1.76 bits per heavy atom. The van der Waals surface area contributed by atoms with Gasteiger partial charge in [0.2, 0.25) is 0 Å². The molecule has 4 aromatic carbocycles. The largest absolute Gasteiger partial charge is 0.506 e. The van der Waals surface area contributed by atoms with E-state index in [1.54, 1.807) is 30.3 Å². The number of fused-ring (bicyclic) bond motifs is 2. The van der Waals surface area contributed by atoms with Crippen molar-refractivity contribution in [1.29, 1.82) is 0 Å². The van der Waals surface area contributed by atoms with Gasteiger partial charge in [-0.3, -0.25) is 4.79 Å². The number of thiol groups is 1. The lowest BCUT2D eigenvalue weighted by atomic mass is 10.1. The molecule has 2 N–H and O–H groups in total. The summed E-state index contributed by atoms with van der Waals surface area (Å²) in [5.74, 6) is 1.16. The Labute approximate surface area is 195 Å². The smallest absolute Gasteiger partial charge is 0.255 e. The van der Waals surface area contributed by atoms with Gasteiger partial charge in [-0.2, -0.15) is 12.6 Å². The highest BCUT2D eigenvalue weighted by Crippen LogP contribution is 2.30. The van der Waals surface area contributed by atoms with E-state index in [1.165, 1.54) is 4.80 Å². The van der Waals surface area contributed by atoms with E-state index in [9.17, 15) is 9.90 Å². The van der Waals surface area contributed by atoms with E-state index >= 15 is 0 Å². The molecule has 0 aliphatic heterocycles. The maximum Gasteiger partial charge on any atom is 0.255 e. The van der Waals surface area contributed by atoms with Crippen molar-refractivity contribution in [2.45, 2.75) is 0 Å². The second-order valence-electron chi connectivity index (χ2n) is 7.44. The number of aromatic hydroxyl groups is 1. The van der Waals surface area contributed by atoms with Crippen LogP contribution in [0.25, 0.3) is 27.5 Å². The molecule has 5 aromatic rings. The van der Waals surface area contributed by atoms with E-state index in [1.807, 2.05) is 48.5 Å². The lowest BCUT2D eigenvalue weighted by Crippen LogP contribution is -2.11. The highest BCUT2D eigenvalue weighted by molar-refractivity contribution is 7.80. The molecule has 0 atom stereocenters. The number of aromatic nitrogens is 3. The maximum atomic E-state index is 12.6. The third kappa shape index (κ3) is 4.33. The number of phenolic OH excluding ortho intramolecular Hbond substituents is 1. The van der Waals surface area contributed by atoms with Crippen molar-refractivity contribution in [3.05, 3.63) is 84.4 Å². The third-order valence-corrected chi connectivity index (χ3v) is 5.34. The zero-order valence-corrected chi connectivity index (χ0v) is 18.4. The number of hydrogen-bond donors (Lipinski definition) is 3. The summed E-state index contributed by atoms with van der Waals surface area (Å²) in [6, 6.07) is 23.5. The molecule has 7 nitrogen and oxygen atoms in total. The maximum absolute atomic E-state index is 12.6. The van der Waals surface area contributed by atoms with Gasteiger partial charge in [0.1, 0.15) is 28.2 Å². The van der Waals surface area contributed by atoms with Gasteiger partial charge in [-0.25, -0.2) is 0 Å². The molecule has 0 aliphatic rings. The summed E-state index contributed by atoms with van der Waals surface area (Å²) < 4.78 is 5.65. The quantitative estimate of drug-likeness (QED) is 0.318. The first-order valence-electron chi connectivity index (χ1n) is 10.3. The molecule has 0 aliphatic carbocycles. The number of carbonyl (C=O) groups is 1. The fourth-order valence-electron chi connectivity index (χ4n) is 3.55.